The van der Waals surface area contributed by atoms with Gasteiger partial charge in [0, 0.05) is 42.9 Å². The number of alkyl halides is 1. The first kappa shape index (κ1) is 31.4. The van der Waals surface area contributed by atoms with Crippen molar-refractivity contribution in [3.05, 3.63) is 41.5 Å². The largest absolute Gasteiger partial charge is 0.508 e. The predicted octanol–water partition coefficient (Wildman–Crippen LogP) is 5.93. The van der Waals surface area contributed by atoms with E-state index in [0.29, 0.717) is 36.8 Å². The van der Waals surface area contributed by atoms with Crippen LogP contribution >= 0.6 is 0 Å². The van der Waals surface area contributed by atoms with Crippen LogP contribution in [0.3, 0.4) is 0 Å². The number of anilines is 1. The second kappa shape index (κ2) is 13.0. The second-order valence-electron chi connectivity index (χ2n) is 11.7. The molecule has 5 heterocycles. The number of pyridine rings is 1. The van der Waals surface area contributed by atoms with Crippen LogP contribution in [0.4, 0.5) is 19.0 Å². The summed E-state index contributed by atoms with van der Waals surface area (Å²) in [6.45, 7) is 4.10. The maximum Gasteiger partial charge on any atom is 0.318 e. The van der Waals surface area contributed by atoms with Crippen LogP contribution in [-0.2, 0) is 4.79 Å². The average molecular weight is 634 g/mol. The van der Waals surface area contributed by atoms with Gasteiger partial charge in [-0.2, -0.15) is 9.97 Å². The number of phenolic OH excluding ortho intramolecular Hbond substituents is 1. The zero-order valence-electron chi connectivity index (χ0n) is 25.7. The molecule has 3 aliphatic heterocycles. The second-order valence-corrected chi connectivity index (χ2v) is 11.7. The van der Waals surface area contributed by atoms with Gasteiger partial charge in [0.05, 0.1) is 12.7 Å². The van der Waals surface area contributed by atoms with Gasteiger partial charge < -0.3 is 19.5 Å². The molecule has 9 nitrogen and oxygen atoms in total. The van der Waals surface area contributed by atoms with Crippen molar-refractivity contribution in [2.75, 3.05) is 38.4 Å². The first-order valence-corrected chi connectivity index (χ1v) is 15.4. The fraction of sp³-hybridized carbons (Fsp3) is 0.412. The van der Waals surface area contributed by atoms with Gasteiger partial charge in [-0.25, -0.2) is 18.2 Å². The number of methoxy groups -OCH3 is 1. The van der Waals surface area contributed by atoms with E-state index in [1.807, 2.05) is 6.92 Å². The highest BCUT2D eigenvalue weighted by molar-refractivity contribution is 6.04. The van der Waals surface area contributed by atoms with Crippen molar-refractivity contribution in [2.24, 2.45) is 0 Å². The number of carbonyl (C=O) groups excluding carboxylic acids is 1. The van der Waals surface area contributed by atoms with E-state index in [4.69, 9.17) is 15.9 Å². The maximum absolute atomic E-state index is 16.2. The van der Waals surface area contributed by atoms with E-state index < -0.39 is 17.8 Å². The molecule has 2 aromatic heterocycles. The molecule has 46 heavy (non-hydrogen) atoms. The van der Waals surface area contributed by atoms with Gasteiger partial charge in [0.25, 0.3) is 0 Å². The zero-order valence-corrected chi connectivity index (χ0v) is 25.7. The molecular formula is C34H34F3N5O4. The molecule has 0 aliphatic carbocycles. The van der Waals surface area contributed by atoms with Crippen molar-refractivity contribution in [1.29, 1.82) is 0 Å². The topological polar surface area (TPSA) is 101 Å². The van der Waals surface area contributed by atoms with Crippen LogP contribution in [0.2, 0.25) is 0 Å². The summed E-state index contributed by atoms with van der Waals surface area (Å²) >= 11 is 0. The molecule has 1 N–H and O–H groups in total. The molecule has 3 aliphatic rings. The number of carbonyl (C=O) groups is 1. The molecule has 2 unspecified atom stereocenters. The quantitative estimate of drug-likeness (QED) is 0.248. The lowest BCUT2D eigenvalue weighted by Gasteiger charge is -2.29. The number of terminal acetylenes is 1. The molecule has 12 heteroatoms. The Morgan fingerprint density at radius 2 is 2.02 bits per heavy atom. The minimum absolute atomic E-state index is 0.00473. The fourth-order valence-corrected chi connectivity index (χ4v) is 6.52. The average Bonchev–Trinajstić information content (AvgIpc) is 3.63. The number of nitrogens with zero attached hydrogens (tertiary/aromatic N) is 5. The summed E-state index contributed by atoms with van der Waals surface area (Å²) in [5.41, 5.74) is -0.383. The standard InChI is InChI=1S/C27H22F2N4O4.C7H12FN/c1-4-6-15(34)9-10-33-13-37-26-21-24(31-27(36-3)32-25(21)33)22(29)23(30-26)18-12-16(35)11-14-7-8-19(28)17(5-2)20(14)18;8-6-4-7-2-1-3-9(7)5-6/h2,7-8,11-12,35H,4,6,9-10,13H2,1,3H3;6-7H,1-5H2. The van der Waals surface area contributed by atoms with Gasteiger partial charge in [-0.05, 0) is 55.8 Å². The number of rotatable bonds is 7. The van der Waals surface area contributed by atoms with Crippen LogP contribution in [-0.4, -0.2) is 76.4 Å². The van der Waals surface area contributed by atoms with E-state index >= 15 is 4.39 Å². The Labute approximate surface area is 264 Å². The van der Waals surface area contributed by atoms with Crippen molar-refractivity contribution in [3.63, 3.8) is 0 Å². The van der Waals surface area contributed by atoms with Crippen LogP contribution in [0, 0.1) is 24.0 Å². The first-order chi connectivity index (χ1) is 22.2. The molecular weight excluding hydrogens is 599 g/mol. The number of phenols is 1. The zero-order chi connectivity index (χ0) is 32.5. The van der Waals surface area contributed by atoms with Gasteiger partial charge in [0.2, 0.25) is 5.88 Å². The van der Waals surface area contributed by atoms with Crippen molar-refractivity contribution < 1.29 is 32.5 Å². The first-order valence-electron chi connectivity index (χ1n) is 15.4. The lowest BCUT2D eigenvalue weighted by molar-refractivity contribution is -0.118. The fourth-order valence-electron chi connectivity index (χ4n) is 6.52. The molecule has 0 saturated carbocycles. The van der Waals surface area contributed by atoms with Crippen molar-refractivity contribution >= 4 is 33.3 Å². The van der Waals surface area contributed by atoms with E-state index in [-0.39, 0.29) is 69.7 Å². The van der Waals surface area contributed by atoms with Gasteiger partial charge in [0.15, 0.2) is 18.4 Å². The van der Waals surface area contributed by atoms with Gasteiger partial charge in [0.1, 0.15) is 40.1 Å². The highest BCUT2D eigenvalue weighted by Gasteiger charge is 2.35. The highest BCUT2D eigenvalue weighted by atomic mass is 19.1. The molecule has 2 atom stereocenters. The van der Waals surface area contributed by atoms with Crippen molar-refractivity contribution in [2.45, 2.75) is 57.7 Å². The van der Waals surface area contributed by atoms with E-state index in [1.54, 1.807) is 4.90 Å². The van der Waals surface area contributed by atoms with Crippen LogP contribution in [0.5, 0.6) is 17.6 Å². The lowest BCUT2D eigenvalue weighted by atomic mass is 9.95. The number of ether oxygens (including phenoxy) is 2. The van der Waals surface area contributed by atoms with Crippen LogP contribution < -0.4 is 14.4 Å². The molecule has 0 bridgehead atoms. The van der Waals surface area contributed by atoms with Crippen molar-refractivity contribution in [1.82, 2.24) is 19.9 Å². The molecule has 2 aromatic carbocycles. The van der Waals surface area contributed by atoms with E-state index in [9.17, 15) is 18.7 Å². The number of ketones is 1. The minimum atomic E-state index is -0.854. The number of fused-ring (bicyclic) bond motifs is 2. The third-order valence-corrected chi connectivity index (χ3v) is 8.65. The van der Waals surface area contributed by atoms with Crippen LogP contribution in [0.25, 0.3) is 32.9 Å². The number of benzene rings is 2. The summed E-state index contributed by atoms with van der Waals surface area (Å²) in [6.07, 6.45) is 9.87. The summed E-state index contributed by atoms with van der Waals surface area (Å²) in [4.78, 5) is 29.1. The number of halogens is 3. The van der Waals surface area contributed by atoms with Gasteiger partial charge in [-0.15, -0.1) is 6.42 Å². The number of hydrogen-bond donors (Lipinski definition) is 1. The van der Waals surface area contributed by atoms with E-state index in [0.717, 1.165) is 19.4 Å². The number of hydrogen-bond acceptors (Lipinski definition) is 9. The smallest absolute Gasteiger partial charge is 0.318 e. The van der Waals surface area contributed by atoms with Gasteiger partial charge in [-0.1, -0.05) is 18.9 Å². The Hall–Kier alpha value is -4.63. The summed E-state index contributed by atoms with van der Waals surface area (Å²) < 4.78 is 54.4. The Balaban J connectivity index is 0.000000352. The highest BCUT2D eigenvalue weighted by Crippen LogP contribution is 2.43. The Morgan fingerprint density at radius 1 is 1.20 bits per heavy atom. The van der Waals surface area contributed by atoms with E-state index in [1.165, 1.54) is 44.2 Å². The predicted molar refractivity (Wildman–Crippen MR) is 168 cm³/mol. The third kappa shape index (κ3) is 5.87. The van der Waals surface area contributed by atoms with Gasteiger partial charge in [-0.3, -0.25) is 9.69 Å². The molecule has 240 valence electrons. The maximum atomic E-state index is 16.2. The molecule has 7 rings (SSSR count). The normalized spacial score (nSPS) is 18.6. The Morgan fingerprint density at radius 3 is 2.76 bits per heavy atom. The van der Waals surface area contributed by atoms with Crippen LogP contribution in [0.15, 0.2) is 24.3 Å². The van der Waals surface area contributed by atoms with Crippen molar-refractivity contribution in [3.8, 4) is 41.2 Å². The summed E-state index contributed by atoms with van der Waals surface area (Å²) in [5, 5.41) is 11.2. The number of aromatic nitrogens is 3. The molecule has 0 radical (unpaired) electrons. The monoisotopic (exact) mass is 633 g/mol. The third-order valence-electron chi connectivity index (χ3n) is 8.65. The Kier molecular flexibility index (Phi) is 8.86. The molecule has 2 fully saturated rings. The van der Waals surface area contributed by atoms with Gasteiger partial charge >= 0.3 is 6.01 Å². The lowest BCUT2D eigenvalue weighted by Crippen LogP contribution is -2.34. The molecule has 2 saturated heterocycles. The van der Waals surface area contributed by atoms with E-state index in [2.05, 4.69) is 25.8 Å². The summed E-state index contributed by atoms with van der Waals surface area (Å²) in [6, 6.07) is 5.81. The molecule has 0 amide bonds. The number of aromatic hydroxyl groups is 1. The molecule has 0 spiro atoms. The summed E-state index contributed by atoms with van der Waals surface area (Å²) in [7, 11) is 1.36. The van der Waals surface area contributed by atoms with Crippen LogP contribution in [0.1, 0.15) is 51.0 Å². The summed E-state index contributed by atoms with van der Waals surface area (Å²) in [5.74, 6) is 1.07. The Bertz CT molecular complexity index is 1850. The minimum Gasteiger partial charge on any atom is -0.508 e. The number of Topliss-reactive ketones (excluding diaryl/α,β-unsaturated/α-hetero) is 1. The SMILES string of the molecule is C#Cc1c(F)ccc2cc(O)cc(-c3nc4c5c(nc(OC)nc5c3F)N(CCC(=O)CCC)CO4)c12.FC1CC2CCCN2C1. The molecule has 4 aromatic rings.